The summed E-state index contributed by atoms with van der Waals surface area (Å²) >= 11 is 1.35. The number of anilines is 2. The van der Waals surface area contributed by atoms with E-state index in [1.54, 1.807) is 33.9 Å². The van der Waals surface area contributed by atoms with E-state index in [1.807, 2.05) is 19.2 Å². The number of nitrogens with zero attached hydrogens (tertiary/aromatic N) is 7. The van der Waals surface area contributed by atoms with Gasteiger partial charge in [0.2, 0.25) is 5.13 Å². The summed E-state index contributed by atoms with van der Waals surface area (Å²) < 4.78 is 17.1. The summed E-state index contributed by atoms with van der Waals surface area (Å²) in [7, 11) is 0. The molecule has 3 aromatic rings. The van der Waals surface area contributed by atoms with E-state index >= 15 is 0 Å². The first-order valence-electron chi connectivity index (χ1n) is 8.30. The standard InChI is InChI=1S/C17H17FN8S/c1-11-5-9-26(23-11)12(2)16-21-22-17(27-16)20-15-6-8-25(24-15)10-14-13(18)4-3-7-19-14/h3,5-9,13H,2,4,10H2,1H3,(H,20,22,24). The van der Waals surface area contributed by atoms with Gasteiger partial charge in [-0.3, -0.25) is 9.67 Å². The quantitative estimate of drug-likeness (QED) is 0.705. The normalized spacial score (nSPS) is 16.4. The highest BCUT2D eigenvalue weighted by molar-refractivity contribution is 7.16. The average Bonchev–Trinajstić information content (AvgIpc) is 3.39. The van der Waals surface area contributed by atoms with Crippen LogP contribution in [-0.2, 0) is 6.54 Å². The molecular weight excluding hydrogens is 367 g/mol. The molecule has 1 aliphatic rings. The third-order valence-electron chi connectivity index (χ3n) is 3.92. The fourth-order valence-electron chi connectivity index (χ4n) is 2.53. The molecule has 0 saturated heterocycles. The summed E-state index contributed by atoms with van der Waals surface area (Å²) in [6, 6.07) is 3.69. The lowest BCUT2D eigenvalue weighted by molar-refractivity contribution is 0.415. The Labute approximate surface area is 158 Å². The Balaban J connectivity index is 1.42. The van der Waals surface area contributed by atoms with E-state index in [-0.39, 0.29) is 0 Å². The number of hydrogen-bond donors (Lipinski definition) is 1. The van der Waals surface area contributed by atoms with Crippen LogP contribution in [0.1, 0.15) is 17.1 Å². The van der Waals surface area contributed by atoms with Crippen LogP contribution in [0, 0.1) is 6.92 Å². The molecule has 27 heavy (non-hydrogen) atoms. The van der Waals surface area contributed by atoms with Crippen molar-refractivity contribution >= 4 is 33.7 Å². The molecule has 1 unspecified atom stereocenters. The predicted molar refractivity (Wildman–Crippen MR) is 103 cm³/mol. The maximum Gasteiger partial charge on any atom is 0.211 e. The summed E-state index contributed by atoms with van der Waals surface area (Å²) in [5, 5.41) is 21.3. The van der Waals surface area contributed by atoms with E-state index in [9.17, 15) is 4.39 Å². The number of halogens is 1. The van der Waals surface area contributed by atoms with Crippen LogP contribution in [0.3, 0.4) is 0 Å². The van der Waals surface area contributed by atoms with Gasteiger partial charge in [0.15, 0.2) is 10.8 Å². The minimum Gasteiger partial charge on any atom is -0.313 e. The predicted octanol–water partition coefficient (Wildman–Crippen LogP) is 3.20. The van der Waals surface area contributed by atoms with Crippen molar-refractivity contribution < 1.29 is 4.39 Å². The van der Waals surface area contributed by atoms with Gasteiger partial charge in [0.05, 0.1) is 23.6 Å². The molecule has 1 aliphatic heterocycles. The third-order valence-corrected chi connectivity index (χ3v) is 4.81. The maximum absolute atomic E-state index is 13.8. The van der Waals surface area contributed by atoms with Crippen molar-refractivity contribution in [3.05, 3.63) is 54.1 Å². The summed E-state index contributed by atoms with van der Waals surface area (Å²) in [6.45, 7) is 6.23. The molecule has 0 fully saturated rings. The lowest BCUT2D eigenvalue weighted by Crippen LogP contribution is -2.23. The van der Waals surface area contributed by atoms with Crippen LogP contribution < -0.4 is 5.32 Å². The molecule has 0 bridgehead atoms. The van der Waals surface area contributed by atoms with Gasteiger partial charge in [-0.2, -0.15) is 10.2 Å². The van der Waals surface area contributed by atoms with E-state index in [4.69, 9.17) is 0 Å². The Bertz CT molecular complexity index is 1030. The average molecular weight is 384 g/mol. The molecule has 4 heterocycles. The second-order valence-corrected chi connectivity index (χ2v) is 6.97. The summed E-state index contributed by atoms with van der Waals surface area (Å²) in [6.07, 6.45) is 6.25. The number of alkyl halides is 1. The van der Waals surface area contributed by atoms with Crippen molar-refractivity contribution in [1.82, 2.24) is 29.8 Å². The molecule has 1 N–H and O–H groups in total. The van der Waals surface area contributed by atoms with Crippen LogP contribution >= 0.6 is 11.3 Å². The molecule has 0 aliphatic carbocycles. The van der Waals surface area contributed by atoms with Gasteiger partial charge in [-0.1, -0.05) is 24.0 Å². The van der Waals surface area contributed by atoms with Crippen molar-refractivity contribution in [2.45, 2.75) is 26.1 Å². The molecule has 8 nitrogen and oxygen atoms in total. The first kappa shape index (κ1) is 17.3. The van der Waals surface area contributed by atoms with Gasteiger partial charge in [-0.15, -0.1) is 10.2 Å². The van der Waals surface area contributed by atoms with Crippen LogP contribution in [0.15, 0.2) is 48.4 Å². The second-order valence-electron chi connectivity index (χ2n) is 5.99. The lowest BCUT2D eigenvalue weighted by Gasteiger charge is -2.12. The maximum atomic E-state index is 13.8. The van der Waals surface area contributed by atoms with E-state index in [0.29, 0.717) is 40.3 Å². The molecule has 10 heteroatoms. The molecule has 0 aromatic carbocycles. The van der Waals surface area contributed by atoms with Crippen LogP contribution in [0.2, 0.25) is 0 Å². The second kappa shape index (κ2) is 7.23. The third kappa shape index (κ3) is 3.85. The molecule has 3 aromatic heterocycles. The minimum absolute atomic E-state index is 0.310. The lowest BCUT2D eigenvalue weighted by atomic mass is 10.1. The van der Waals surface area contributed by atoms with Gasteiger partial charge in [-0.25, -0.2) is 9.07 Å². The smallest absolute Gasteiger partial charge is 0.211 e. The van der Waals surface area contributed by atoms with Gasteiger partial charge < -0.3 is 5.32 Å². The summed E-state index contributed by atoms with van der Waals surface area (Å²) in [4.78, 5) is 4.09. The van der Waals surface area contributed by atoms with Gasteiger partial charge in [-0.05, 0) is 13.0 Å². The number of aliphatic imine (C=N–C) groups is 1. The molecule has 0 spiro atoms. The minimum atomic E-state index is -1.06. The van der Waals surface area contributed by atoms with E-state index in [2.05, 4.69) is 37.3 Å². The van der Waals surface area contributed by atoms with Gasteiger partial charge in [0, 0.05) is 31.1 Å². The summed E-state index contributed by atoms with van der Waals surface area (Å²) in [5.74, 6) is 0.598. The number of aryl methyl sites for hydroxylation is 1. The highest BCUT2D eigenvalue weighted by atomic mass is 32.1. The Morgan fingerprint density at radius 2 is 2.22 bits per heavy atom. The number of aromatic nitrogens is 6. The molecule has 1 atom stereocenters. The SMILES string of the molecule is C=C(c1nnc(Nc2ccn(CC3=NC=CCC3F)n2)s1)n1ccc(C)n1. The molecule has 4 rings (SSSR count). The Morgan fingerprint density at radius 3 is 3.00 bits per heavy atom. The van der Waals surface area contributed by atoms with Crippen LogP contribution in [0.4, 0.5) is 15.3 Å². The van der Waals surface area contributed by atoms with Gasteiger partial charge in [0.1, 0.15) is 6.17 Å². The van der Waals surface area contributed by atoms with Gasteiger partial charge >= 0.3 is 0 Å². The molecule has 0 saturated carbocycles. The van der Waals surface area contributed by atoms with Crippen LogP contribution in [0.5, 0.6) is 0 Å². The highest BCUT2D eigenvalue weighted by Crippen LogP contribution is 2.24. The van der Waals surface area contributed by atoms with Crippen molar-refractivity contribution in [2.24, 2.45) is 4.99 Å². The number of hydrogen-bond acceptors (Lipinski definition) is 7. The van der Waals surface area contributed by atoms with Crippen LogP contribution in [0.25, 0.3) is 5.70 Å². The fourth-order valence-corrected chi connectivity index (χ4v) is 3.24. The fraction of sp³-hybridized carbons (Fsp3) is 0.235. The number of allylic oxidation sites excluding steroid dienone is 1. The largest absolute Gasteiger partial charge is 0.313 e. The summed E-state index contributed by atoms with van der Waals surface area (Å²) in [5.41, 5.74) is 2.02. The van der Waals surface area contributed by atoms with Crippen molar-refractivity contribution in [2.75, 3.05) is 5.32 Å². The van der Waals surface area contributed by atoms with E-state index in [1.165, 1.54) is 11.3 Å². The van der Waals surface area contributed by atoms with Crippen molar-refractivity contribution in [1.29, 1.82) is 0 Å². The monoisotopic (exact) mass is 384 g/mol. The van der Waals surface area contributed by atoms with E-state index < -0.39 is 6.17 Å². The first-order valence-corrected chi connectivity index (χ1v) is 9.12. The zero-order valence-corrected chi connectivity index (χ0v) is 15.4. The highest BCUT2D eigenvalue weighted by Gasteiger charge is 2.17. The number of rotatable bonds is 6. The van der Waals surface area contributed by atoms with E-state index in [0.717, 1.165) is 5.69 Å². The first-order chi connectivity index (χ1) is 13.1. The van der Waals surface area contributed by atoms with Crippen molar-refractivity contribution in [3.8, 4) is 0 Å². The molecular formula is C17H17FN8S. The zero-order chi connectivity index (χ0) is 18.8. The molecule has 138 valence electrons. The molecule has 0 amide bonds. The topological polar surface area (TPSA) is 85.8 Å². The zero-order valence-electron chi connectivity index (χ0n) is 14.6. The van der Waals surface area contributed by atoms with Gasteiger partial charge in [0.25, 0.3) is 0 Å². The number of nitrogens with one attached hydrogen (secondary N) is 1. The Kier molecular flexibility index (Phi) is 4.63. The molecule has 0 radical (unpaired) electrons. The van der Waals surface area contributed by atoms with Crippen molar-refractivity contribution in [3.63, 3.8) is 0 Å². The van der Waals surface area contributed by atoms with Crippen LogP contribution in [-0.4, -0.2) is 41.6 Å². The Hall–Kier alpha value is -3.14. The Morgan fingerprint density at radius 1 is 1.33 bits per heavy atom.